The van der Waals surface area contributed by atoms with Gasteiger partial charge in [0, 0.05) is 51.3 Å². The monoisotopic (exact) mass is 494 g/mol. The summed E-state index contributed by atoms with van der Waals surface area (Å²) in [6.07, 6.45) is 4.69. The van der Waals surface area contributed by atoms with Crippen LogP contribution in [0.5, 0.6) is 0 Å². The van der Waals surface area contributed by atoms with Crippen molar-refractivity contribution in [3.05, 3.63) is 41.5 Å². The maximum absolute atomic E-state index is 13.4. The lowest BCUT2D eigenvalue weighted by Crippen LogP contribution is -2.48. The van der Waals surface area contributed by atoms with Crippen LogP contribution >= 0.6 is 0 Å². The number of nitrogens with zero attached hydrogens (tertiary/aromatic N) is 4. The fourth-order valence-corrected chi connectivity index (χ4v) is 5.82. The number of fused-ring (bicyclic) bond motifs is 1. The fourth-order valence-electron chi connectivity index (χ4n) is 5.82. The summed E-state index contributed by atoms with van der Waals surface area (Å²) < 4.78 is 0. The molecule has 3 aliphatic rings. The van der Waals surface area contributed by atoms with Crippen molar-refractivity contribution in [1.29, 1.82) is 0 Å². The molecule has 0 saturated carbocycles. The largest absolute Gasteiger partial charge is 0.369 e. The number of rotatable bonds is 10. The molecule has 0 N–H and O–H groups in total. The molecule has 2 amide bonds. The van der Waals surface area contributed by atoms with Crippen LogP contribution in [0.25, 0.3) is 0 Å². The van der Waals surface area contributed by atoms with E-state index in [0.29, 0.717) is 30.4 Å². The first-order valence-corrected chi connectivity index (χ1v) is 13.6. The third kappa shape index (κ3) is 5.89. The molecule has 4 rings (SSSR count). The van der Waals surface area contributed by atoms with Gasteiger partial charge in [-0.1, -0.05) is 19.1 Å². The molecule has 3 aliphatic heterocycles. The Kier molecular flexibility index (Phi) is 8.62. The van der Waals surface area contributed by atoms with Crippen molar-refractivity contribution in [3.63, 3.8) is 0 Å². The molecule has 1 unspecified atom stereocenters. The second kappa shape index (κ2) is 11.7. The Morgan fingerprint density at radius 1 is 1.00 bits per heavy atom. The third-order valence-electron chi connectivity index (χ3n) is 8.10. The van der Waals surface area contributed by atoms with Gasteiger partial charge in [0.05, 0.1) is 17.2 Å². The predicted octanol–water partition coefficient (Wildman–Crippen LogP) is 3.84. The lowest BCUT2D eigenvalue weighted by atomic mass is 9.96. The van der Waals surface area contributed by atoms with Crippen LogP contribution in [-0.4, -0.2) is 91.2 Å². The number of Topliss-reactive ketones (excluding diaryl/α,β-unsaturated/α-hetero) is 1. The molecule has 0 aliphatic carbocycles. The first kappa shape index (κ1) is 26.6. The normalized spacial score (nSPS) is 20.6. The minimum absolute atomic E-state index is 0.164. The summed E-state index contributed by atoms with van der Waals surface area (Å²) in [6.45, 7) is 15.3. The van der Waals surface area contributed by atoms with Crippen molar-refractivity contribution in [2.45, 2.75) is 58.4 Å². The zero-order valence-corrected chi connectivity index (χ0v) is 22.3. The number of hydrogen-bond donors (Lipinski definition) is 0. The molecule has 7 heteroatoms. The molecule has 1 aromatic rings. The van der Waals surface area contributed by atoms with Crippen molar-refractivity contribution in [3.8, 4) is 0 Å². The van der Waals surface area contributed by atoms with Crippen molar-refractivity contribution < 1.29 is 14.4 Å². The van der Waals surface area contributed by atoms with Crippen molar-refractivity contribution in [2.75, 3.05) is 57.8 Å². The molecule has 0 bridgehead atoms. The van der Waals surface area contributed by atoms with Gasteiger partial charge in [0.15, 0.2) is 0 Å². The molecule has 2 saturated heterocycles. The van der Waals surface area contributed by atoms with Crippen molar-refractivity contribution in [1.82, 2.24) is 14.7 Å². The van der Waals surface area contributed by atoms with Gasteiger partial charge in [-0.15, -0.1) is 0 Å². The Morgan fingerprint density at radius 3 is 2.31 bits per heavy atom. The molecular weight excluding hydrogens is 452 g/mol. The second-order valence-corrected chi connectivity index (χ2v) is 10.9. The number of amides is 2. The number of likely N-dealkylation sites (tertiary alicyclic amines) is 1. The average Bonchev–Trinajstić information content (AvgIpc) is 3.11. The first-order chi connectivity index (χ1) is 17.3. The van der Waals surface area contributed by atoms with E-state index in [1.165, 1.54) is 37.4 Å². The second-order valence-electron chi connectivity index (χ2n) is 10.9. The van der Waals surface area contributed by atoms with Crippen molar-refractivity contribution >= 4 is 23.3 Å². The standard InChI is InChI=1S/C29H42N4O3/c1-5-6-24(34)8-10-27(21(2)3)33-28(35)25-9-7-23(19-26(25)29(33)36)32-17-15-31(16-18-32)20-22-11-13-30(4)14-12-22/h7,9,19,22,27H,2,5-6,8,10-18,20H2,1,3-4H3. The number of ketones is 1. The molecule has 0 radical (unpaired) electrons. The molecule has 0 spiro atoms. The van der Waals surface area contributed by atoms with E-state index in [2.05, 4.69) is 28.3 Å². The number of anilines is 1. The van der Waals surface area contributed by atoms with Crippen LogP contribution in [0.4, 0.5) is 5.69 Å². The van der Waals surface area contributed by atoms with Crippen LogP contribution in [0.2, 0.25) is 0 Å². The molecule has 3 heterocycles. The molecule has 36 heavy (non-hydrogen) atoms. The highest BCUT2D eigenvalue weighted by Crippen LogP contribution is 2.32. The number of piperazine rings is 1. The van der Waals surface area contributed by atoms with Crippen molar-refractivity contribution in [2.24, 2.45) is 5.92 Å². The van der Waals surface area contributed by atoms with Gasteiger partial charge >= 0.3 is 0 Å². The topological polar surface area (TPSA) is 64.2 Å². The minimum Gasteiger partial charge on any atom is -0.369 e. The van der Waals surface area contributed by atoms with E-state index >= 15 is 0 Å². The summed E-state index contributed by atoms with van der Waals surface area (Å²) >= 11 is 0. The van der Waals surface area contributed by atoms with E-state index in [1.807, 2.05) is 26.0 Å². The first-order valence-electron chi connectivity index (χ1n) is 13.6. The number of carbonyl (C=O) groups excluding carboxylic acids is 3. The van der Waals surface area contributed by atoms with E-state index in [9.17, 15) is 14.4 Å². The summed E-state index contributed by atoms with van der Waals surface area (Å²) in [5, 5.41) is 0. The Bertz CT molecular complexity index is 990. The Labute approximate surface area is 216 Å². The van der Waals surface area contributed by atoms with Gasteiger partial charge in [-0.25, -0.2) is 0 Å². The maximum Gasteiger partial charge on any atom is 0.262 e. The Balaban J connectivity index is 1.39. The average molecular weight is 495 g/mol. The highest BCUT2D eigenvalue weighted by atomic mass is 16.2. The summed E-state index contributed by atoms with van der Waals surface area (Å²) in [6, 6.07) is 5.21. The zero-order chi connectivity index (χ0) is 25.8. The summed E-state index contributed by atoms with van der Waals surface area (Å²) in [4.78, 5) is 47.4. The summed E-state index contributed by atoms with van der Waals surface area (Å²) in [7, 11) is 2.20. The predicted molar refractivity (Wildman–Crippen MR) is 144 cm³/mol. The zero-order valence-electron chi connectivity index (χ0n) is 22.3. The minimum atomic E-state index is -0.454. The van der Waals surface area contributed by atoms with Gasteiger partial charge in [-0.3, -0.25) is 24.2 Å². The number of hydrogen-bond acceptors (Lipinski definition) is 6. The smallest absolute Gasteiger partial charge is 0.262 e. The summed E-state index contributed by atoms with van der Waals surface area (Å²) in [5.41, 5.74) is 2.66. The highest BCUT2D eigenvalue weighted by Gasteiger charge is 2.40. The Morgan fingerprint density at radius 2 is 1.67 bits per heavy atom. The lowest BCUT2D eigenvalue weighted by Gasteiger charge is -2.39. The number of benzene rings is 1. The molecule has 196 valence electrons. The van der Waals surface area contributed by atoms with Gasteiger partial charge < -0.3 is 9.80 Å². The van der Waals surface area contributed by atoms with Crippen LogP contribution in [-0.2, 0) is 4.79 Å². The molecule has 2 fully saturated rings. The maximum atomic E-state index is 13.4. The van der Waals surface area contributed by atoms with Gasteiger partial charge in [-0.05, 0) is 76.9 Å². The van der Waals surface area contributed by atoms with Gasteiger partial charge in [0.2, 0.25) is 0 Å². The van der Waals surface area contributed by atoms with Crippen LogP contribution in [0, 0.1) is 5.92 Å². The van der Waals surface area contributed by atoms with Gasteiger partial charge in [0.1, 0.15) is 5.78 Å². The van der Waals surface area contributed by atoms with Crippen LogP contribution in [0.15, 0.2) is 30.4 Å². The van der Waals surface area contributed by atoms with Gasteiger partial charge in [0.25, 0.3) is 11.8 Å². The molecule has 1 atom stereocenters. The quantitative estimate of drug-likeness (QED) is 0.364. The van der Waals surface area contributed by atoms with E-state index < -0.39 is 6.04 Å². The van der Waals surface area contributed by atoms with E-state index in [1.54, 1.807) is 6.07 Å². The number of imide groups is 1. The van der Waals surface area contributed by atoms with Crippen LogP contribution in [0.3, 0.4) is 0 Å². The highest BCUT2D eigenvalue weighted by molar-refractivity contribution is 6.22. The van der Waals surface area contributed by atoms with Gasteiger partial charge in [-0.2, -0.15) is 0 Å². The van der Waals surface area contributed by atoms with E-state index in [-0.39, 0.29) is 17.6 Å². The van der Waals surface area contributed by atoms with E-state index in [0.717, 1.165) is 49.8 Å². The molecular formula is C29H42N4O3. The molecule has 1 aromatic carbocycles. The van der Waals surface area contributed by atoms with Crippen LogP contribution in [0.1, 0.15) is 73.1 Å². The third-order valence-corrected chi connectivity index (χ3v) is 8.10. The fraction of sp³-hybridized carbons (Fsp3) is 0.621. The Hall–Kier alpha value is -2.51. The summed E-state index contributed by atoms with van der Waals surface area (Å²) in [5.74, 6) is 0.410. The molecule has 7 nitrogen and oxygen atoms in total. The van der Waals surface area contributed by atoms with Crippen LogP contribution < -0.4 is 4.90 Å². The lowest BCUT2D eigenvalue weighted by molar-refractivity contribution is -0.119. The SMILES string of the molecule is C=C(C)C(CCC(=O)CCC)N1C(=O)c2ccc(N3CCN(CC4CCN(C)CC4)CC3)cc2C1=O. The van der Waals surface area contributed by atoms with E-state index in [4.69, 9.17) is 0 Å². The number of piperidine rings is 1. The number of carbonyl (C=O) groups is 3. The molecule has 0 aromatic heterocycles.